The molecule has 0 saturated heterocycles. The van der Waals surface area contributed by atoms with Crippen molar-refractivity contribution in [2.45, 2.75) is 45.4 Å². The number of hydrogen-bond donors (Lipinski definition) is 0. The second-order valence-corrected chi connectivity index (χ2v) is 7.59. The van der Waals surface area contributed by atoms with E-state index in [9.17, 15) is 0 Å². The summed E-state index contributed by atoms with van der Waals surface area (Å²) in [7, 11) is 1.71. The van der Waals surface area contributed by atoms with E-state index >= 15 is 0 Å². The molecule has 2 nitrogen and oxygen atoms in total. The Bertz CT molecular complexity index is 522. The third kappa shape index (κ3) is 2.29. The smallest absolute Gasteiger partial charge is 0.119 e. The standard InChI is InChI=1S/C19H25NO/c1-13(20-17-3-5-18(21-2)6-4-17)19-10-14-7-15(11-19)9-16(8-14)12-19/h3-6,14-16H,7-12H2,1-2H3. The molecule has 0 radical (unpaired) electrons. The zero-order chi connectivity index (χ0) is 14.4. The molecular weight excluding hydrogens is 258 g/mol. The normalized spacial score (nSPS) is 37.8. The van der Waals surface area contributed by atoms with Gasteiger partial charge in [0.05, 0.1) is 12.8 Å². The van der Waals surface area contributed by atoms with E-state index in [2.05, 4.69) is 19.1 Å². The summed E-state index contributed by atoms with van der Waals surface area (Å²) in [5.41, 5.74) is 2.88. The van der Waals surface area contributed by atoms with Gasteiger partial charge in [0, 0.05) is 11.1 Å². The first kappa shape index (κ1) is 13.4. The summed E-state index contributed by atoms with van der Waals surface area (Å²) in [6.07, 6.45) is 8.67. The van der Waals surface area contributed by atoms with E-state index in [1.54, 1.807) is 7.11 Å². The Labute approximate surface area is 127 Å². The molecule has 0 aliphatic heterocycles. The summed E-state index contributed by atoms with van der Waals surface area (Å²) in [4.78, 5) is 4.99. The lowest BCUT2D eigenvalue weighted by Crippen LogP contribution is -2.49. The maximum atomic E-state index is 5.23. The van der Waals surface area contributed by atoms with Crippen molar-refractivity contribution in [3.05, 3.63) is 24.3 Å². The van der Waals surface area contributed by atoms with Crippen LogP contribution >= 0.6 is 0 Å². The largest absolute Gasteiger partial charge is 0.497 e. The predicted molar refractivity (Wildman–Crippen MR) is 86.4 cm³/mol. The van der Waals surface area contributed by atoms with Crippen molar-refractivity contribution in [2.75, 3.05) is 7.11 Å². The van der Waals surface area contributed by atoms with Gasteiger partial charge in [0.25, 0.3) is 0 Å². The van der Waals surface area contributed by atoms with Crippen LogP contribution in [-0.2, 0) is 0 Å². The zero-order valence-corrected chi connectivity index (χ0v) is 13.1. The summed E-state index contributed by atoms with van der Waals surface area (Å²) in [6, 6.07) is 8.16. The number of methoxy groups -OCH3 is 1. The number of aliphatic imine (C=N–C) groups is 1. The van der Waals surface area contributed by atoms with E-state index in [1.165, 1.54) is 44.2 Å². The highest BCUT2D eigenvalue weighted by atomic mass is 16.5. The highest BCUT2D eigenvalue weighted by Gasteiger charge is 2.52. The van der Waals surface area contributed by atoms with Crippen molar-refractivity contribution >= 4 is 11.4 Å². The average Bonchev–Trinajstić information content (AvgIpc) is 2.46. The minimum Gasteiger partial charge on any atom is -0.497 e. The van der Waals surface area contributed by atoms with Gasteiger partial charge in [0.2, 0.25) is 0 Å². The fourth-order valence-electron chi connectivity index (χ4n) is 5.52. The van der Waals surface area contributed by atoms with Gasteiger partial charge in [-0.15, -0.1) is 0 Å². The molecule has 5 rings (SSSR count). The van der Waals surface area contributed by atoms with Crippen LogP contribution in [-0.4, -0.2) is 12.8 Å². The molecule has 0 amide bonds. The molecule has 4 aliphatic carbocycles. The summed E-state index contributed by atoms with van der Waals surface area (Å²) >= 11 is 0. The van der Waals surface area contributed by atoms with Crippen LogP contribution in [0.4, 0.5) is 5.69 Å². The lowest BCUT2D eigenvalue weighted by atomic mass is 9.48. The molecule has 4 aliphatic rings. The fraction of sp³-hybridized carbons (Fsp3) is 0.632. The molecule has 0 atom stereocenters. The summed E-state index contributed by atoms with van der Waals surface area (Å²) in [5, 5.41) is 0. The van der Waals surface area contributed by atoms with Gasteiger partial charge in [-0.05, 0) is 87.5 Å². The molecule has 0 aromatic heterocycles. The van der Waals surface area contributed by atoms with Crippen LogP contribution < -0.4 is 4.74 Å². The van der Waals surface area contributed by atoms with Crippen molar-refractivity contribution < 1.29 is 4.74 Å². The van der Waals surface area contributed by atoms with Gasteiger partial charge in [0.15, 0.2) is 0 Å². The Kier molecular flexibility index (Phi) is 3.09. The Morgan fingerprint density at radius 3 is 2.00 bits per heavy atom. The number of nitrogens with zero attached hydrogens (tertiary/aromatic N) is 1. The van der Waals surface area contributed by atoms with E-state index in [-0.39, 0.29) is 0 Å². The van der Waals surface area contributed by atoms with E-state index in [1.807, 2.05) is 12.1 Å². The molecule has 0 spiro atoms. The Balaban J connectivity index is 1.61. The van der Waals surface area contributed by atoms with Gasteiger partial charge in [-0.3, -0.25) is 4.99 Å². The Morgan fingerprint density at radius 2 is 1.52 bits per heavy atom. The number of rotatable bonds is 3. The van der Waals surface area contributed by atoms with Crippen molar-refractivity contribution in [1.29, 1.82) is 0 Å². The van der Waals surface area contributed by atoms with E-state index in [4.69, 9.17) is 9.73 Å². The molecule has 1 aromatic carbocycles. The molecule has 0 heterocycles. The third-order valence-electron chi connectivity index (χ3n) is 6.17. The molecule has 2 heteroatoms. The second kappa shape index (κ2) is 4.86. The summed E-state index contributed by atoms with van der Waals surface area (Å²) in [6.45, 7) is 2.28. The van der Waals surface area contributed by atoms with Gasteiger partial charge in [0.1, 0.15) is 5.75 Å². The maximum Gasteiger partial charge on any atom is 0.119 e. The van der Waals surface area contributed by atoms with Crippen molar-refractivity contribution in [3.8, 4) is 5.75 Å². The second-order valence-electron chi connectivity index (χ2n) is 7.59. The molecule has 4 saturated carbocycles. The molecule has 4 bridgehead atoms. The van der Waals surface area contributed by atoms with Crippen LogP contribution in [0.5, 0.6) is 5.75 Å². The highest BCUT2D eigenvalue weighted by molar-refractivity contribution is 5.90. The number of hydrogen-bond acceptors (Lipinski definition) is 2. The number of benzene rings is 1. The lowest BCUT2D eigenvalue weighted by Gasteiger charge is -2.56. The minimum absolute atomic E-state index is 0.425. The third-order valence-corrected chi connectivity index (χ3v) is 6.17. The lowest BCUT2D eigenvalue weighted by molar-refractivity contribution is -0.0125. The van der Waals surface area contributed by atoms with Crippen molar-refractivity contribution in [2.24, 2.45) is 28.2 Å². The Morgan fingerprint density at radius 1 is 1.00 bits per heavy atom. The van der Waals surface area contributed by atoms with Gasteiger partial charge in [-0.1, -0.05) is 0 Å². The first-order chi connectivity index (χ1) is 10.2. The average molecular weight is 283 g/mol. The van der Waals surface area contributed by atoms with Crippen LogP contribution in [0.2, 0.25) is 0 Å². The quantitative estimate of drug-likeness (QED) is 0.715. The fourth-order valence-corrected chi connectivity index (χ4v) is 5.52. The Hall–Kier alpha value is -1.31. The van der Waals surface area contributed by atoms with Crippen LogP contribution in [0.15, 0.2) is 29.3 Å². The number of ether oxygens (including phenoxy) is 1. The van der Waals surface area contributed by atoms with Crippen LogP contribution in [0.25, 0.3) is 0 Å². The van der Waals surface area contributed by atoms with Gasteiger partial charge in [-0.2, -0.15) is 0 Å². The summed E-state index contributed by atoms with van der Waals surface area (Å²) < 4.78 is 5.23. The topological polar surface area (TPSA) is 21.6 Å². The van der Waals surface area contributed by atoms with Gasteiger partial charge >= 0.3 is 0 Å². The summed E-state index contributed by atoms with van der Waals surface area (Å²) in [5.74, 6) is 3.85. The van der Waals surface area contributed by atoms with Crippen LogP contribution in [0.3, 0.4) is 0 Å². The predicted octanol–water partition coefficient (Wildman–Crippen LogP) is 5.00. The molecule has 4 fully saturated rings. The van der Waals surface area contributed by atoms with Gasteiger partial charge < -0.3 is 4.74 Å². The molecule has 1 aromatic rings. The monoisotopic (exact) mass is 283 g/mol. The van der Waals surface area contributed by atoms with Crippen molar-refractivity contribution in [1.82, 2.24) is 0 Å². The SMILES string of the molecule is COc1ccc(N=C(C)C23CC4CC(CC(C4)C2)C3)cc1. The van der Waals surface area contributed by atoms with Crippen LogP contribution in [0.1, 0.15) is 45.4 Å². The first-order valence-corrected chi connectivity index (χ1v) is 8.37. The molecule has 0 unspecified atom stereocenters. The highest BCUT2D eigenvalue weighted by Crippen LogP contribution is 2.60. The van der Waals surface area contributed by atoms with Crippen LogP contribution in [0, 0.1) is 23.2 Å². The maximum absolute atomic E-state index is 5.23. The zero-order valence-electron chi connectivity index (χ0n) is 13.1. The van der Waals surface area contributed by atoms with Crippen molar-refractivity contribution in [3.63, 3.8) is 0 Å². The van der Waals surface area contributed by atoms with Gasteiger partial charge in [-0.25, -0.2) is 0 Å². The minimum atomic E-state index is 0.425. The van der Waals surface area contributed by atoms with E-state index in [0.717, 1.165) is 29.2 Å². The first-order valence-electron chi connectivity index (χ1n) is 8.37. The molecule has 112 valence electrons. The van der Waals surface area contributed by atoms with E-state index in [0.29, 0.717) is 5.41 Å². The molecule has 0 N–H and O–H groups in total. The molecule has 21 heavy (non-hydrogen) atoms. The van der Waals surface area contributed by atoms with E-state index < -0.39 is 0 Å². The molecular formula is C19H25NO.